The maximum absolute atomic E-state index is 12.3. The predicted octanol–water partition coefficient (Wildman–Crippen LogP) is 3.05. The Morgan fingerprint density at radius 2 is 2.04 bits per heavy atom. The molecule has 122 valence electrons. The van der Waals surface area contributed by atoms with Gasteiger partial charge in [-0.1, -0.05) is 30.3 Å². The zero-order valence-electron chi connectivity index (χ0n) is 13.1. The second kappa shape index (κ2) is 7.70. The second-order valence-electron chi connectivity index (χ2n) is 6.00. The van der Waals surface area contributed by atoms with Crippen molar-refractivity contribution >= 4 is 17.2 Å². The third-order valence-electron chi connectivity index (χ3n) is 4.52. The highest BCUT2D eigenvalue weighted by Crippen LogP contribution is 2.30. The minimum atomic E-state index is -0.427. The molecule has 1 N–H and O–H groups in total. The Kier molecular flexibility index (Phi) is 5.41. The van der Waals surface area contributed by atoms with Crippen molar-refractivity contribution in [3.63, 3.8) is 0 Å². The molecule has 4 nitrogen and oxygen atoms in total. The second-order valence-corrected chi connectivity index (χ2v) is 6.98. The van der Waals surface area contributed by atoms with E-state index in [4.69, 9.17) is 0 Å². The van der Waals surface area contributed by atoms with E-state index in [0.717, 1.165) is 42.9 Å². The van der Waals surface area contributed by atoms with Crippen molar-refractivity contribution in [3.05, 3.63) is 52.5 Å². The lowest BCUT2D eigenvalue weighted by molar-refractivity contribution is -0.133. The van der Waals surface area contributed by atoms with E-state index >= 15 is 0 Å². The molecule has 1 aromatic heterocycles. The summed E-state index contributed by atoms with van der Waals surface area (Å²) in [5.41, 5.74) is 0.973. The number of piperidine rings is 1. The number of carbonyl (C=O) groups is 1. The number of aryl methyl sites for hydroxylation is 1. The van der Waals surface area contributed by atoms with Gasteiger partial charge in [0.25, 0.3) is 0 Å². The van der Waals surface area contributed by atoms with Crippen LogP contribution in [0.25, 0.3) is 0 Å². The molecule has 1 amide bonds. The summed E-state index contributed by atoms with van der Waals surface area (Å²) < 4.78 is 0. The smallest absolute Gasteiger partial charge is 0.222 e. The Balaban J connectivity index is 1.47. The van der Waals surface area contributed by atoms with Crippen molar-refractivity contribution in [3.8, 4) is 0 Å². The third-order valence-corrected chi connectivity index (χ3v) is 5.36. The maximum atomic E-state index is 12.3. The predicted molar refractivity (Wildman–Crippen MR) is 91.1 cm³/mol. The van der Waals surface area contributed by atoms with Crippen LogP contribution in [0.3, 0.4) is 0 Å². The summed E-state index contributed by atoms with van der Waals surface area (Å²) in [6, 6.07) is 9.80. The molecule has 0 bridgehead atoms. The molecular formula is C18H22N2O2S. The quantitative estimate of drug-likeness (QED) is 0.917. The van der Waals surface area contributed by atoms with Crippen molar-refractivity contribution in [2.75, 3.05) is 13.1 Å². The van der Waals surface area contributed by atoms with Gasteiger partial charge in [-0.2, -0.15) is 0 Å². The highest BCUT2D eigenvalue weighted by Gasteiger charge is 2.28. The molecule has 0 saturated carbocycles. The third kappa shape index (κ3) is 4.18. The van der Waals surface area contributed by atoms with E-state index in [1.807, 2.05) is 40.6 Å². The molecule has 1 aliphatic heterocycles. The van der Waals surface area contributed by atoms with Gasteiger partial charge in [0.05, 0.1) is 11.1 Å². The van der Waals surface area contributed by atoms with Crippen LogP contribution in [0.2, 0.25) is 0 Å². The largest absolute Gasteiger partial charge is 0.388 e. The number of hydrogen-bond donors (Lipinski definition) is 1. The number of thiazole rings is 1. The molecule has 3 rings (SSSR count). The molecule has 1 saturated heterocycles. The van der Waals surface area contributed by atoms with Gasteiger partial charge in [-0.05, 0) is 24.3 Å². The van der Waals surface area contributed by atoms with Crippen LogP contribution in [0.4, 0.5) is 0 Å². The molecule has 1 fully saturated rings. The van der Waals surface area contributed by atoms with Gasteiger partial charge in [0.1, 0.15) is 0 Å². The molecule has 0 aliphatic carbocycles. The first kappa shape index (κ1) is 16.1. The molecule has 1 aromatic carbocycles. The molecule has 2 aromatic rings. The monoisotopic (exact) mass is 330 g/mol. The average Bonchev–Trinajstić information content (AvgIpc) is 3.13. The van der Waals surface area contributed by atoms with E-state index in [-0.39, 0.29) is 11.8 Å². The van der Waals surface area contributed by atoms with Crippen molar-refractivity contribution in [2.24, 2.45) is 5.92 Å². The lowest BCUT2D eigenvalue weighted by atomic mass is 9.87. The van der Waals surface area contributed by atoms with Gasteiger partial charge in [0.15, 0.2) is 0 Å². The first-order valence-corrected chi connectivity index (χ1v) is 9.01. The highest BCUT2D eigenvalue weighted by atomic mass is 32.1. The van der Waals surface area contributed by atoms with E-state index in [0.29, 0.717) is 6.42 Å². The molecule has 1 aliphatic rings. The van der Waals surface area contributed by atoms with Crippen molar-refractivity contribution in [1.29, 1.82) is 0 Å². The minimum absolute atomic E-state index is 0.202. The average molecular weight is 330 g/mol. The zero-order chi connectivity index (χ0) is 16.1. The highest BCUT2D eigenvalue weighted by molar-refractivity contribution is 7.09. The fourth-order valence-electron chi connectivity index (χ4n) is 3.14. The van der Waals surface area contributed by atoms with Crippen LogP contribution in [0, 0.1) is 5.92 Å². The number of rotatable bonds is 5. The topological polar surface area (TPSA) is 53.4 Å². The summed E-state index contributed by atoms with van der Waals surface area (Å²) in [5, 5.41) is 13.4. The number of aliphatic hydroxyl groups is 1. The Labute approximate surface area is 140 Å². The molecule has 2 heterocycles. The van der Waals surface area contributed by atoms with Crippen LogP contribution >= 0.6 is 11.3 Å². The molecule has 5 heteroatoms. The zero-order valence-corrected chi connectivity index (χ0v) is 13.9. The summed E-state index contributed by atoms with van der Waals surface area (Å²) in [6.45, 7) is 1.48. The van der Waals surface area contributed by atoms with E-state index in [2.05, 4.69) is 4.98 Å². The summed E-state index contributed by atoms with van der Waals surface area (Å²) in [7, 11) is 0. The van der Waals surface area contributed by atoms with Crippen molar-refractivity contribution in [1.82, 2.24) is 9.88 Å². The molecule has 23 heavy (non-hydrogen) atoms. The number of hydrogen-bond acceptors (Lipinski definition) is 4. The SMILES string of the molecule is O=C(CCc1nccs1)N1CCC([C@@H](O)c2ccccc2)CC1. The molecule has 0 radical (unpaired) electrons. The van der Waals surface area contributed by atoms with Crippen LogP contribution in [0.1, 0.15) is 35.9 Å². The van der Waals surface area contributed by atoms with Gasteiger partial charge in [0, 0.05) is 37.5 Å². The van der Waals surface area contributed by atoms with Crippen molar-refractivity contribution in [2.45, 2.75) is 31.8 Å². The van der Waals surface area contributed by atoms with Gasteiger partial charge in [-0.25, -0.2) is 4.98 Å². The number of benzene rings is 1. The number of nitrogens with zero attached hydrogens (tertiary/aromatic N) is 2. The molecular weight excluding hydrogens is 308 g/mol. The molecule has 0 unspecified atom stereocenters. The van der Waals surface area contributed by atoms with Crippen LogP contribution in [-0.2, 0) is 11.2 Å². The number of likely N-dealkylation sites (tertiary alicyclic amines) is 1. The van der Waals surface area contributed by atoms with Gasteiger partial charge >= 0.3 is 0 Å². The van der Waals surface area contributed by atoms with Crippen LogP contribution in [0.15, 0.2) is 41.9 Å². The number of amides is 1. The van der Waals surface area contributed by atoms with Crippen LogP contribution < -0.4 is 0 Å². The fourth-order valence-corrected chi connectivity index (χ4v) is 3.76. The maximum Gasteiger partial charge on any atom is 0.222 e. The lowest BCUT2D eigenvalue weighted by Crippen LogP contribution is -2.39. The van der Waals surface area contributed by atoms with Crippen LogP contribution in [-0.4, -0.2) is 34.0 Å². The van der Waals surface area contributed by atoms with Gasteiger partial charge in [0.2, 0.25) is 5.91 Å². The number of carbonyl (C=O) groups excluding carboxylic acids is 1. The minimum Gasteiger partial charge on any atom is -0.388 e. The van der Waals surface area contributed by atoms with Gasteiger partial charge in [-0.15, -0.1) is 11.3 Å². The summed E-state index contributed by atoms with van der Waals surface area (Å²) in [5.74, 6) is 0.438. The molecule has 1 atom stereocenters. The van der Waals surface area contributed by atoms with Crippen molar-refractivity contribution < 1.29 is 9.90 Å². The van der Waals surface area contributed by atoms with Gasteiger partial charge in [-0.3, -0.25) is 4.79 Å². The number of aromatic nitrogens is 1. The lowest BCUT2D eigenvalue weighted by Gasteiger charge is -2.34. The normalized spacial score (nSPS) is 17.2. The Morgan fingerprint density at radius 3 is 2.70 bits per heavy atom. The Morgan fingerprint density at radius 1 is 1.30 bits per heavy atom. The Hall–Kier alpha value is -1.72. The van der Waals surface area contributed by atoms with Crippen LogP contribution in [0.5, 0.6) is 0 Å². The first-order valence-electron chi connectivity index (χ1n) is 8.13. The van der Waals surface area contributed by atoms with E-state index < -0.39 is 6.10 Å². The standard InChI is InChI=1S/C18H22N2O2S/c21-17(7-6-16-19-10-13-23-16)20-11-8-15(9-12-20)18(22)14-4-2-1-3-5-14/h1-5,10,13,15,18,22H,6-9,11-12H2/t18-/m0/s1. The summed E-state index contributed by atoms with van der Waals surface area (Å²) in [6.07, 6.45) is 4.32. The fraction of sp³-hybridized carbons (Fsp3) is 0.444. The summed E-state index contributed by atoms with van der Waals surface area (Å²) in [4.78, 5) is 18.4. The Bertz CT molecular complexity index is 607. The van der Waals surface area contributed by atoms with E-state index in [1.54, 1.807) is 17.5 Å². The van der Waals surface area contributed by atoms with E-state index in [9.17, 15) is 9.90 Å². The number of aliphatic hydroxyl groups excluding tert-OH is 1. The van der Waals surface area contributed by atoms with Gasteiger partial charge < -0.3 is 10.0 Å². The van der Waals surface area contributed by atoms with E-state index in [1.165, 1.54) is 0 Å². The molecule has 0 spiro atoms. The summed E-state index contributed by atoms with van der Waals surface area (Å²) >= 11 is 1.60. The first-order chi connectivity index (χ1) is 11.2.